The number of rotatable bonds is 5. The van der Waals surface area contributed by atoms with Crippen molar-refractivity contribution in [2.24, 2.45) is 11.8 Å². The van der Waals surface area contributed by atoms with Gasteiger partial charge in [-0.25, -0.2) is 5.10 Å². The average Bonchev–Trinajstić information content (AvgIpc) is 2.68. The van der Waals surface area contributed by atoms with Crippen LogP contribution in [-0.4, -0.2) is 59.3 Å². The zero-order valence-corrected chi connectivity index (χ0v) is 15.2. The number of aromatic nitrogens is 2. The second kappa shape index (κ2) is 7.88. The molecule has 1 amide bonds. The molecule has 0 saturated carbocycles. The molecular weight excluding hydrogens is 330 g/mol. The van der Waals surface area contributed by atoms with Crippen LogP contribution in [0.25, 0.3) is 0 Å². The molecule has 3 saturated heterocycles. The van der Waals surface area contributed by atoms with Crippen molar-refractivity contribution in [3.05, 3.63) is 28.2 Å². The molecule has 1 aromatic heterocycles. The van der Waals surface area contributed by atoms with Gasteiger partial charge in [-0.1, -0.05) is 6.42 Å². The molecule has 4 rings (SSSR count). The second-order valence-electron chi connectivity index (χ2n) is 8.00. The lowest BCUT2D eigenvalue weighted by Gasteiger charge is -2.55. The summed E-state index contributed by atoms with van der Waals surface area (Å²) in [5, 5.41) is 13.1. The summed E-state index contributed by atoms with van der Waals surface area (Å²) in [4.78, 5) is 26.0. The van der Waals surface area contributed by atoms with Gasteiger partial charge < -0.3 is 10.6 Å². The minimum Gasteiger partial charge on any atom is -0.355 e. The fourth-order valence-electron chi connectivity index (χ4n) is 5.11. The number of hydrogen-bond acceptors (Lipinski definition) is 5. The number of nitrogens with zero attached hydrogens (tertiary/aromatic N) is 2. The van der Waals surface area contributed by atoms with Crippen LogP contribution in [-0.2, 0) is 11.2 Å². The highest BCUT2D eigenvalue weighted by molar-refractivity contribution is 5.76. The van der Waals surface area contributed by atoms with Crippen LogP contribution in [0.5, 0.6) is 0 Å². The van der Waals surface area contributed by atoms with Crippen LogP contribution in [0.15, 0.2) is 16.9 Å². The number of amides is 1. The molecular formula is C19H29N5O2. The largest absolute Gasteiger partial charge is 0.355 e. The van der Waals surface area contributed by atoms with Gasteiger partial charge in [-0.3, -0.25) is 14.5 Å². The van der Waals surface area contributed by atoms with Crippen molar-refractivity contribution < 1.29 is 4.79 Å². The summed E-state index contributed by atoms with van der Waals surface area (Å²) in [5.74, 6) is 1.49. The average molecular weight is 359 g/mol. The summed E-state index contributed by atoms with van der Waals surface area (Å²) in [7, 11) is 0. The van der Waals surface area contributed by atoms with Gasteiger partial charge in [0.05, 0.1) is 5.69 Å². The number of nitrogens with one attached hydrogen (secondary N) is 3. The number of piperidine rings is 3. The summed E-state index contributed by atoms with van der Waals surface area (Å²) in [6, 6.07) is 4.28. The number of aryl methyl sites for hydroxylation is 1. The topological polar surface area (TPSA) is 90.1 Å². The quantitative estimate of drug-likeness (QED) is 0.703. The lowest BCUT2D eigenvalue weighted by Crippen LogP contribution is -2.65. The van der Waals surface area contributed by atoms with E-state index in [4.69, 9.17) is 0 Å². The summed E-state index contributed by atoms with van der Waals surface area (Å²) in [5.41, 5.74) is 0.527. The van der Waals surface area contributed by atoms with E-state index in [0.717, 1.165) is 31.2 Å². The maximum atomic E-state index is 12.3. The van der Waals surface area contributed by atoms with Crippen LogP contribution < -0.4 is 16.2 Å². The highest BCUT2D eigenvalue weighted by Crippen LogP contribution is 2.38. The van der Waals surface area contributed by atoms with Gasteiger partial charge in [-0.15, -0.1) is 0 Å². The number of fused-ring (bicyclic) bond motifs is 4. The first-order valence-electron chi connectivity index (χ1n) is 9.98. The molecule has 3 aliphatic heterocycles. The van der Waals surface area contributed by atoms with Gasteiger partial charge in [0.25, 0.3) is 5.56 Å². The van der Waals surface area contributed by atoms with E-state index in [-0.39, 0.29) is 11.5 Å². The maximum Gasteiger partial charge on any atom is 0.264 e. The van der Waals surface area contributed by atoms with E-state index in [1.807, 2.05) is 0 Å². The van der Waals surface area contributed by atoms with Crippen LogP contribution in [0.3, 0.4) is 0 Å². The number of hydrogen-bond donors (Lipinski definition) is 3. The minimum absolute atomic E-state index is 0.0671. The SMILES string of the molecule is O=C(CCc1ccc(=O)[nH]n1)NC[C@H]1[C@@H]2CNC[C@@H](C2)[C@@H]2CCCCN21. The van der Waals surface area contributed by atoms with Gasteiger partial charge in [0.1, 0.15) is 0 Å². The molecule has 4 atom stereocenters. The number of carbonyl (C=O) groups excluding carboxylic acids is 1. The van der Waals surface area contributed by atoms with Gasteiger partial charge in [-0.2, -0.15) is 5.10 Å². The monoisotopic (exact) mass is 359 g/mol. The Morgan fingerprint density at radius 3 is 3.00 bits per heavy atom. The molecule has 1 aromatic rings. The fourth-order valence-corrected chi connectivity index (χ4v) is 5.11. The van der Waals surface area contributed by atoms with Crippen molar-refractivity contribution in [3.63, 3.8) is 0 Å². The van der Waals surface area contributed by atoms with Gasteiger partial charge in [-0.05, 0) is 56.8 Å². The fraction of sp³-hybridized carbons (Fsp3) is 0.737. The first-order chi connectivity index (χ1) is 12.7. The molecule has 0 aliphatic carbocycles. The van der Waals surface area contributed by atoms with E-state index in [2.05, 4.69) is 25.7 Å². The lowest BCUT2D eigenvalue weighted by molar-refractivity contribution is -0.122. The third-order valence-electron chi connectivity index (χ3n) is 6.38. The van der Waals surface area contributed by atoms with Crippen molar-refractivity contribution in [1.29, 1.82) is 0 Å². The Labute approximate surface area is 153 Å². The van der Waals surface area contributed by atoms with Crippen molar-refractivity contribution >= 4 is 5.91 Å². The molecule has 7 heteroatoms. The second-order valence-corrected chi connectivity index (χ2v) is 8.00. The van der Waals surface area contributed by atoms with E-state index in [9.17, 15) is 9.59 Å². The minimum atomic E-state index is -0.217. The molecule has 7 nitrogen and oxygen atoms in total. The Morgan fingerprint density at radius 1 is 1.27 bits per heavy atom. The van der Waals surface area contributed by atoms with Crippen LogP contribution in [0.2, 0.25) is 0 Å². The Kier molecular flexibility index (Phi) is 5.36. The molecule has 26 heavy (non-hydrogen) atoms. The predicted octanol–water partition coefficient (Wildman–Crippen LogP) is 0.281. The van der Waals surface area contributed by atoms with Gasteiger partial charge in [0.2, 0.25) is 5.91 Å². The Balaban J connectivity index is 1.31. The summed E-state index contributed by atoms with van der Waals surface area (Å²) < 4.78 is 0. The van der Waals surface area contributed by atoms with Gasteiger partial charge in [0.15, 0.2) is 0 Å². The predicted molar refractivity (Wildman–Crippen MR) is 98.8 cm³/mol. The molecule has 0 spiro atoms. The van der Waals surface area contributed by atoms with E-state index >= 15 is 0 Å². The van der Waals surface area contributed by atoms with E-state index in [1.54, 1.807) is 6.07 Å². The summed E-state index contributed by atoms with van der Waals surface area (Å²) in [6.07, 6.45) is 6.18. The Hall–Kier alpha value is -1.73. The Bertz CT molecular complexity index is 670. The number of aromatic amines is 1. The molecule has 2 bridgehead atoms. The molecule has 0 aromatic carbocycles. The molecule has 142 valence electrons. The highest BCUT2D eigenvalue weighted by atomic mass is 16.1. The van der Waals surface area contributed by atoms with Crippen LogP contribution in [0.1, 0.15) is 37.8 Å². The normalized spacial score (nSPS) is 31.2. The molecule has 0 unspecified atom stereocenters. The smallest absolute Gasteiger partial charge is 0.264 e. The number of carbonyl (C=O) groups is 1. The molecule has 3 fully saturated rings. The van der Waals surface area contributed by atoms with Crippen LogP contribution in [0.4, 0.5) is 0 Å². The zero-order valence-electron chi connectivity index (χ0n) is 15.2. The molecule has 4 heterocycles. The maximum absolute atomic E-state index is 12.3. The van der Waals surface area contributed by atoms with E-state index < -0.39 is 0 Å². The van der Waals surface area contributed by atoms with Crippen molar-refractivity contribution in [1.82, 2.24) is 25.7 Å². The summed E-state index contributed by atoms with van der Waals surface area (Å²) in [6.45, 7) is 4.15. The molecule has 3 aliphatic rings. The lowest BCUT2D eigenvalue weighted by atomic mass is 9.73. The standard InChI is InChI=1S/C19H29N5O2/c25-18(6-4-15-5-7-19(26)23-22-15)21-12-17-14-9-13(10-20-11-14)16-3-1-2-8-24(16)17/h5,7,13-14,16-17,20H,1-4,6,8-12H2,(H,21,25)(H,23,26)/t13-,14+,16+,17+/m1/s1. The van der Waals surface area contributed by atoms with E-state index in [1.165, 1.54) is 38.3 Å². The third kappa shape index (κ3) is 3.83. The summed E-state index contributed by atoms with van der Waals surface area (Å²) >= 11 is 0. The first kappa shape index (κ1) is 17.7. The number of H-pyrrole nitrogens is 1. The van der Waals surface area contributed by atoms with Crippen molar-refractivity contribution in [2.75, 3.05) is 26.2 Å². The van der Waals surface area contributed by atoms with Crippen LogP contribution in [0, 0.1) is 11.8 Å². The zero-order chi connectivity index (χ0) is 17.9. The van der Waals surface area contributed by atoms with Crippen molar-refractivity contribution in [2.45, 2.75) is 50.6 Å². The molecule has 3 N–H and O–H groups in total. The Morgan fingerprint density at radius 2 is 2.15 bits per heavy atom. The van der Waals surface area contributed by atoms with E-state index in [0.29, 0.717) is 30.8 Å². The third-order valence-corrected chi connectivity index (χ3v) is 6.38. The first-order valence-corrected chi connectivity index (χ1v) is 9.98. The van der Waals surface area contributed by atoms with Crippen LogP contribution >= 0.6 is 0 Å². The highest BCUT2D eigenvalue weighted by Gasteiger charge is 2.45. The molecule has 0 radical (unpaired) electrons. The van der Waals surface area contributed by atoms with Gasteiger partial charge >= 0.3 is 0 Å². The van der Waals surface area contributed by atoms with Crippen molar-refractivity contribution in [3.8, 4) is 0 Å². The van der Waals surface area contributed by atoms with Gasteiger partial charge in [0, 0.05) is 37.5 Å².